The number of hydrogen-bond acceptors (Lipinski definition) is 2. The molecule has 0 radical (unpaired) electrons. The monoisotopic (exact) mass is 189 g/mol. The van der Waals surface area contributed by atoms with E-state index in [1.165, 1.54) is 6.42 Å². The molecule has 1 saturated carbocycles. The Morgan fingerprint density at radius 3 is 2.71 bits per heavy atom. The Morgan fingerprint density at radius 1 is 1.21 bits per heavy atom. The zero-order valence-corrected chi connectivity index (χ0v) is 8.16. The normalized spacial score (nSPS) is 22.3. The Hall–Kier alpha value is -1.31. The van der Waals surface area contributed by atoms with Crippen LogP contribution < -0.4 is 0 Å². The average Bonchev–Trinajstić information content (AvgIpc) is 2.20. The average molecular weight is 189 g/mol. The van der Waals surface area contributed by atoms with E-state index in [-0.39, 0.29) is 5.92 Å². The fourth-order valence-electron chi connectivity index (χ4n) is 2.14. The molecule has 0 saturated heterocycles. The molecule has 0 amide bonds. The quantitative estimate of drug-likeness (QED) is 0.700. The van der Waals surface area contributed by atoms with Gasteiger partial charge >= 0.3 is 0 Å². The first-order valence-corrected chi connectivity index (χ1v) is 5.14. The van der Waals surface area contributed by atoms with Crippen molar-refractivity contribution in [3.8, 4) is 5.75 Å². The number of benzene rings is 1. The van der Waals surface area contributed by atoms with Crippen LogP contribution in [0.1, 0.15) is 37.2 Å². The van der Waals surface area contributed by atoms with Crippen LogP contribution in [0.3, 0.4) is 0 Å². The highest BCUT2D eigenvalue weighted by Gasteiger charge is 2.22. The molecular formula is C12H15NO. The van der Waals surface area contributed by atoms with E-state index in [1.807, 2.05) is 18.2 Å². The Morgan fingerprint density at radius 2 is 2.00 bits per heavy atom. The first-order chi connectivity index (χ1) is 6.79. The van der Waals surface area contributed by atoms with E-state index in [4.69, 9.17) is 5.41 Å². The van der Waals surface area contributed by atoms with Crippen LogP contribution in [0.15, 0.2) is 24.3 Å². The maximum Gasteiger partial charge on any atom is 0.119 e. The molecule has 1 aromatic rings. The minimum atomic E-state index is 0.157. The molecule has 0 spiro atoms. The van der Waals surface area contributed by atoms with Crippen molar-refractivity contribution in [2.45, 2.75) is 31.6 Å². The Balaban J connectivity index is 2.29. The van der Waals surface area contributed by atoms with Crippen molar-refractivity contribution in [1.29, 1.82) is 5.41 Å². The Kier molecular flexibility index (Phi) is 2.53. The summed E-state index contributed by atoms with van der Waals surface area (Å²) in [5.41, 5.74) is 1.70. The molecule has 1 unspecified atom stereocenters. The van der Waals surface area contributed by atoms with Crippen LogP contribution in [0.4, 0.5) is 0 Å². The highest BCUT2D eigenvalue weighted by Crippen LogP contribution is 2.34. The Labute approximate surface area is 84.1 Å². The van der Waals surface area contributed by atoms with E-state index < -0.39 is 0 Å². The van der Waals surface area contributed by atoms with Crippen molar-refractivity contribution < 1.29 is 5.11 Å². The first kappa shape index (κ1) is 9.25. The van der Waals surface area contributed by atoms with Gasteiger partial charge in [-0.05, 0) is 25.3 Å². The minimum absolute atomic E-state index is 0.157. The highest BCUT2D eigenvalue weighted by molar-refractivity contribution is 5.89. The third-order valence-electron chi connectivity index (χ3n) is 2.92. The largest absolute Gasteiger partial charge is 0.508 e. The van der Waals surface area contributed by atoms with Crippen LogP contribution in [0.25, 0.3) is 0 Å². The summed E-state index contributed by atoms with van der Waals surface area (Å²) in [5, 5.41) is 17.6. The van der Waals surface area contributed by atoms with Crippen molar-refractivity contribution in [2.24, 2.45) is 0 Å². The number of nitrogens with one attached hydrogen (secondary N) is 1. The van der Waals surface area contributed by atoms with Crippen molar-refractivity contribution in [3.05, 3.63) is 29.8 Å². The molecule has 1 aromatic carbocycles. The summed E-state index contributed by atoms with van der Waals surface area (Å²) in [6, 6.07) is 7.39. The molecule has 74 valence electrons. The number of rotatable bonds is 1. The molecule has 0 aliphatic heterocycles. The second-order valence-corrected chi connectivity index (χ2v) is 3.88. The van der Waals surface area contributed by atoms with Crippen LogP contribution in [0.2, 0.25) is 0 Å². The predicted octanol–water partition coefficient (Wildman–Crippen LogP) is 3.07. The molecule has 2 heteroatoms. The van der Waals surface area contributed by atoms with Crippen molar-refractivity contribution in [2.75, 3.05) is 0 Å². The van der Waals surface area contributed by atoms with Gasteiger partial charge in [-0.2, -0.15) is 0 Å². The zero-order valence-electron chi connectivity index (χ0n) is 8.16. The second-order valence-electron chi connectivity index (χ2n) is 3.88. The lowest BCUT2D eigenvalue weighted by Crippen LogP contribution is -2.16. The van der Waals surface area contributed by atoms with Crippen molar-refractivity contribution in [1.82, 2.24) is 0 Å². The van der Waals surface area contributed by atoms with Gasteiger partial charge in [-0.15, -0.1) is 0 Å². The summed E-state index contributed by atoms with van der Waals surface area (Å²) in [5.74, 6) is 0.495. The van der Waals surface area contributed by atoms with Gasteiger partial charge in [0.1, 0.15) is 5.75 Å². The van der Waals surface area contributed by atoms with E-state index in [9.17, 15) is 5.11 Å². The molecule has 14 heavy (non-hydrogen) atoms. The van der Waals surface area contributed by atoms with Gasteiger partial charge in [0, 0.05) is 17.2 Å². The van der Waals surface area contributed by atoms with E-state index in [0.717, 1.165) is 30.5 Å². The van der Waals surface area contributed by atoms with Gasteiger partial charge in [-0.25, -0.2) is 0 Å². The van der Waals surface area contributed by atoms with Gasteiger partial charge in [0.2, 0.25) is 0 Å². The molecule has 1 aliphatic rings. The molecule has 1 fully saturated rings. The van der Waals surface area contributed by atoms with Gasteiger partial charge in [0.25, 0.3) is 0 Å². The van der Waals surface area contributed by atoms with Gasteiger partial charge in [-0.1, -0.05) is 24.6 Å². The fraction of sp³-hybridized carbons (Fsp3) is 0.417. The molecule has 0 heterocycles. The number of phenolic OH excluding ortho intramolecular Hbond substituents is 1. The van der Waals surface area contributed by atoms with E-state index >= 15 is 0 Å². The lowest BCUT2D eigenvalue weighted by molar-refractivity contribution is 0.461. The van der Waals surface area contributed by atoms with Gasteiger partial charge in [-0.3, -0.25) is 0 Å². The minimum Gasteiger partial charge on any atom is -0.508 e. The number of hydrogen-bond donors (Lipinski definition) is 2. The zero-order chi connectivity index (χ0) is 9.97. The molecule has 2 N–H and O–H groups in total. The lowest BCUT2D eigenvalue weighted by atomic mass is 9.82. The third-order valence-corrected chi connectivity index (χ3v) is 2.92. The lowest BCUT2D eigenvalue weighted by Gasteiger charge is -2.23. The van der Waals surface area contributed by atoms with Crippen molar-refractivity contribution in [3.63, 3.8) is 0 Å². The smallest absolute Gasteiger partial charge is 0.119 e. The van der Waals surface area contributed by atoms with Gasteiger partial charge < -0.3 is 10.5 Å². The standard InChI is InChI=1S/C12H15NO/c13-11-7-3-1-5-9(11)10-6-2-4-8-12(10)14/h2,4,6,8-9,13-14H,1,3,5,7H2. The number of aromatic hydroxyl groups is 1. The second kappa shape index (κ2) is 3.82. The fourth-order valence-corrected chi connectivity index (χ4v) is 2.14. The summed E-state index contributed by atoms with van der Waals surface area (Å²) < 4.78 is 0. The van der Waals surface area contributed by atoms with Crippen molar-refractivity contribution >= 4 is 5.71 Å². The first-order valence-electron chi connectivity index (χ1n) is 5.14. The van der Waals surface area contributed by atoms with Crippen LogP contribution in [0.5, 0.6) is 5.75 Å². The summed E-state index contributed by atoms with van der Waals surface area (Å²) in [4.78, 5) is 0. The number of phenols is 1. The molecule has 0 bridgehead atoms. The molecule has 2 nitrogen and oxygen atoms in total. The van der Waals surface area contributed by atoms with Crippen LogP contribution in [-0.2, 0) is 0 Å². The highest BCUT2D eigenvalue weighted by atomic mass is 16.3. The van der Waals surface area contributed by atoms with Gasteiger partial charge in [0.15, 0.2) is 0 Å². The summed E-state index contributed by atoms with van der Waals surface area (Å²) in [6.07, 6.45) is 4.19. The molecule has 0 aromatic heterocycles. The Bertz CT molecular complexity index is 346. The molecule has 1 aliphatic carbocycles. The van der Waals surface area contributed by atoms with Gasteiger partial charge in [0.05, 0.1) is 0 Å². The summed E-state index contributed by atoms with van der Waals surface area (Å²) in [7, 11) is 0. The topological polar surface area (TPSA) is 44.1 Å². The maximum absolute atomic E-state index is 9.68. The van der Waals surface area contributed by atoms with E-state index in [1.54, 1.807) is 6.07 Å². The van der Waals surface area contributed by atoms with Crippen LogP contribution in [-0.4, -0.2) is 10.8 Å². The van der Waals surface area contributed by atoms with E-state index in [0.29, 0.717) is 5.75 Å². The van der Waals surface area contributed by atoms with Crippen LogP contribution >= 0.6 is 0 Å². The SMILES string of the molecule is N=C1CCCCC1c1ccccc1O. The number of para-hydroxylation sites is 1. The van der Waals surface area contributed by atoms with E-state index in [2.05, 4.69) is 0 Å². The summed E-state index contributed by atoms with van der Waals surface area (Å²) >= 11 is 0. The molecule has 2 rings (SSSR count). The molecular weight excluding hydrogens is 174 g/mol. The third kappa shape index (κ3) is 1.65. The molecule has 1 atom stereocenters. The summed E-state index contributed by atoms with van der Waals surface area (Å²) in [6.45, 7) is 0. The predicted molar refractivity (Wildman–Crippen MR) is 57.0 cm³/mol. The maximum atomic E-state index is 9.68. The van der Waals surface area contributed by atoms with Crippen LogP contribution in [0, 0.1) is 5.41 Å².